The second-order valence-corrected chi connectivity index (χ2v) is 8.01. The Bertz CT molecular complexity index is 805. The first-order valence-corrected chi connectivity index (χ1v) is 10.3. The van der Waals surface area contributed by atoms with Gasteiger partial charge in [0.2, 0.25) is 0 Å². The van der Waals surface area contributed by atoms with Crippen LogP contribution in [-0.4, -0.2) is 41.8 Å². The van der Waals surface area contributed by atoms with E-state index in [0.717, 1.165) is 34.2 Å². The number of nitrogens with zero attached hydrogens (tertiary/aromatic N) is 2. The third-order valence-corrected chi connectivity index (χ3v) is 6.23. The molecular formula is C21H26N2O3S. The fraction of sp³-hybridized carbons (Fsp3) is 0.476. The van der Waals surface area contributed by atoms with E-state index in [1.54, 1.807) is 7.11 Å². The van der Waals surface area contributed by atoms with Crippen molar-refractivity contribution in [2.24, 2.45) is 5.92 Å². The minimum absolute atomic E-state index is 0.0272. The number of piperidine rings is 1. The van der Waals surface area contributed by atoms with Crippen LogP contribution in [-0.2, 0) is 6.42 Å². The van der Waals surface area contributed by atoms with Crippen molar-refractivity contribution in [1.82, 2.24) is 9.88 Å². The summed E-state index contributed by atoms with van der Waals surface area (Å²) in [6.07, 6.45) is 3.35. The van der Waals surface area contributed by atoms with E-state index in [1.165, 1.54) is 11.3 Å². The van der Waals surface area contributed by atoms with E-state index in [0.29, 0.717) is 31.5 Å². The fourth-order valence-electron chi connectivity index (χ4n) is 3.45. The summed E-state index contributed by atoms with van der Waals surface area (Å²) in [5.74, 6) is 0.932. The van der Waals surface area contributed by atoms with Gasteiger partial charge in [0.25, 0.3) is 5.91 Å². The molecule has 5 nitrogen and oxygen atoms in total. The number of carbonyl (C=O) groups is 2. The molecule has 0 bridgehead atoms. The minimum atomic E-state index is -0.0272. The Morgan fingerprint density at radius 2 is 1.89 bits per heavy atom. The van der Waals surface area contributed by atoms with Gasteiger partial charge in [0.05, 0.1) is 17.8 Å². The molecule has 0 unspecified atom stereocenters. The van der Waals surface area contributed by atoms with Crippen LogP contribution in [0.4, 0.5) is 0 Å². The molecule has 0 spiro atoms. The van der Waals surface area contributed by atoms with Crippen LogP contribution >= 0.6 is 11.3 Å². The molecule has 1 aliphatic heterocycles. The highest BCUT2D eigenvalue weighted by atomic mass is 32.1. The quantitative estimate of drug-likeness (QED) is 0.700. The molecule has 0 aliphatic carbocycles. The monoisotopic (exact) mass is 386 g/mol. The number of aryl methyl sites for hydroxylation is 2. The Hall–Kier alpha value is -2.21. The molecule has 2 heterocycles. The van der Waals surface area contributed by atoms with Gasteiger partial charge >= 0.3 is 0 Å². The number of hydrogen-bond acceptors (Lipinski definition) is 5. The van der Waals surface area contributed by atoms with Gasteiger partial charge in [-0.05, 0) is 56.9 Å². The number of hydrogen-bond donors (Lipinski definition) is 0. The molecule has 1 aliphatic rings. The predicted octanol–water partition coefficient (Wildman–Crippen LogP) is 4.15. The van der Waals surface area contributed by atoms with E-state index in [1.807, 2.05) is 36.1 Å². The lowest BCUT2D eigenvalue weighted by molar-refractivity contribution is 0.0653. The number of thiazole rings is 1. The number of methoxy groups -OCH3 is 1. The molecule has 0 radical (unpaired) electrons. The SMILES string of the molecule is CCCc1nc(C)c(C(=O)N2CCC(C(=O)c3ccc(OC)cc3)CC2)s1. The number of likely N-dealkylation sites (tertiary alicyclic amines) is 1. The lowest BCUT2D eigenvalue weighted by atomic mass is 9.89. The molecule has 0 atom stereocenters. The predicted molar refractivity (Wildman–Crippen MR) is 107 cm³/mol. The maximum atomic E-state index is 12.9. The van der Waals surface area contributed by atoms with E-state index >= 15 is 0 Å². The average Bonchev–Trinajstić information content (AvgIpc) is 3.07. The van der Waals surface area contributed by atoms with Gasteiger partial charge in [-0.25, -0.2) is 4.98 Å². The Morgan fingerprint density at radius 1 is 1.22 bits per heavy atom. The lowest BCUT2D eigenvalue weighted by Crippen LogP contribution is -2.40. The van der Waals surface area contributed by atoms with E-state index in [2.05, 4.69) is 11.9 Å². The molecule has 1 saturated heterocycles. The van der Waals surface area contributed by atoms with Crippen LogP contribution in [0, 0.1) is 12.8 Å². The maximum Gasteiger partial charge on any atom is 0.265 e. The first kappa shape index (κ1) is 19.5. The Morgan fingerprint density at radius 3 is 2.48 bits per heavy atom. The second kappa shape index (κ2) is 8.65. The summed E-state index contributed by atoms with van der Waals surface area (Å²) in [7, 11) is 1.61. The molecule has 1 amide bonds. The van der Waals surface area contributed by atoms with Crippen molar-refractivity contribution in [2.45, 2.75) is 39.5 Å². The zero-order valence-corrected chi connectivity index (χ0v) is 17.0. The molecular weight excluding hydrogens is 360 g/mol. The van der Waals surface area contributed by atoms with Gasteiger partial charge in [-0.3, -0.25) is 9.59 Å². The van der Waals surface area contributed by atoms with Crippen molar-refractivity contribution in [3.63, 3.8) is 0 Å². The Balaban J connectivity index is 1.61. The van der Waals surface area contributed by atoms with Gasteiger partial charge in [0.1, 0.15) is 10.6 Å². The van der Waals surface area contributed by atoms with Gasteiger partial charge in [-0.2, -0.15) is 0 Å². The van der Waals surface area contributed by atoms with Gasteiger partial charge in [0, 0.05) is 24.6 Å². The highest BCUT2D eigenvalue weighted by Gasteiger charge is 2.30. The molecule has 6 heteroatoms. The van der Waals surface area contributed by atoms with Crippen LogP contribution in [0.1, 0.15) is 56.9 Å². The third-order valence-electron chi connectivity index (χ3n) is 5.03. The first-order chi connectivity index (χ1) is 13.0. The van der Waals surface area contributed by atoms with Crippen molar-refractivity contribution in [2.75, 3.05) is 20.2 Å². The molecule has 1 aromatic carbocycles. The van der Waals surface area contributed by atoms with Gasteiger partial charge in [-0.15, -0.1) is 11.3 Å². The number of ether oxygens (including phenoxy) is 1. The van der Waals surface area contributed by atoms with Crippen molar-refractivity contribution in [3.8, 4) is 5.75 Å². The van der Waals surface area contributed by atoms with Gasteiger partial charge in [0.15, 0.2) is 5.78 Å². The Labute approximate surface area is 164 Å². The van der Waals surface area contributed by atoms with E-state index in [-0.39, 0.29) is 17.6 Å². The Kier molecular flexibility index (Phi) is 6.26. The number of rotatable bonds is 6. The van der Waals surface area contributed by atoms with E-state index < -0.39 is 0 Å². The summed E-state index contributed by atoms with van der Waals surface area (Å²) in [6, 6.07) is 7.25. The molecule has 3 rings (SSSR count). The van der Waals surface area contributed by atoms with E-state index in [4.69, 9.17) is 4.74 Å². The fourth-order valence-corrected chi connectivity index (χ4v) is 4.59. The number of benzene rings is 1. The number of carbonyl (C=O) groups excluding carboxylic acids is 2. The van der Waals surface area contributed by atoms with Crippen LogP contribution in [0.25, 0.3) is 0 Å². The lowest BCUT2D eigenvalue weighted by Gasteiger charge is -2.31. The number of aromatic nitrogens is 1. The zero-order valence-electron chi connectivity index (χ0n) is 16.2. The van der Waals surface area contributed by atoms with Crippen molar-refractivity contribution in [1.29, 1.82) is 0 Å². The second-order valence-electron chi connectivity index (χ2n) is 6.93. The summed E-state index contributed by atoms with van der Waals surface area (Å²) >= 11 is 1.51. The molecule has 1 fully saturated rings. The van der Waals surface area contributed by atoms with Crippen LogP contribution in [0.2, 0.25) is 0 Å². The van der Waals surface area contributed by atoms with Crippen molar-refractivity contribution in [3.05, 3.63) is 45.4 Å². The number of ketones is 1. The molecule has 0 saturated carbocycles. The normalized spacial score (nSPS) is 15.0. The molecule has 2 aromatic rings. The number of amides is 1. The summed E-state index contributed by atoms with van der Waals surface area (Å²) in [6.45, 7) is 5.25. The van der Waals surface area contributed by atoms with Crippen LogP contribution in [0.3, 0.4) is 0 Å². The van der Waals surface area contributed by atoms with Gasteiger partial charge in [-0.1, -0.05) is 6.92 Å². The molecule has 0 N–H and O–H groups in total. The third kappa shape index (κ3) is 4.38. The highest BCUT2D eigenvalue weighted by molar-refractivity contribution is 7.13. The summed E-state index contributed by atoms with van der Waals surface area (Å²) in [4.78, 5) is 32.7. The van der Waals surface area contributed by atoms with Crippen molar-refractivity contribution < 1.29 is 14.3 Å². The van der Waals surface area contributed by atoms with Crippen LogP contribution in [0.5, 0.6) is 5.75 Å². The smallest absolute Gasteiger partial charge is 0.265 e. The van der Waals surface area contributed by atoms with Crippen LogP contribution in [0.15, 0.2) is 24.3 Å². The van der Waals surface area contributed by atoms with Crippen LogP contribution < -0.4 is 4.74 Å². The first-order valence-electron chi connectivity index (χ1n) is 9.47. The molecule has 144 valence electrons. The zero-order chi connectivity index (χ0) is 19.4. The highest BCUT2D eigenvalue weighted by Crippen LogP contribution is 2.26. The minimum Gasteiger partial charge on any atom is -0.497 e. The topological polar surface area (TPSA) is 59.5 Å². The summed E-state index contributed by atoms with van der Waals surface area (Å²) in [5, 5.41) is 1.03. The average molecular weight is 387 g/mol. The van der Waals surface area contributed by atoms with Crippen molar-refractivity contribution >= 4 is 23.0 Å². The largest absolute Gasteiger partial charge is 0.497 e. The number of Topliss-reactive ketones (excluding diaryl/α,β-unsaturated/α-hetero) is 1. The molecule has 27 heavy (non-hydrogen) atoms. The van der Waals surface area contributed by atoms with E-state index in [9.17, 15) is 9.59 Å². The summed E-state index contributed by atoms with van der Waals surface area (Å²) < 4.78 is 5.14. The summed E-state index contributed by atoms with van der Waals surface area (Å²) in [5.41, 5.74) is 1.54. The maximum absolute atomic E-state index is 12.9. The molecule has 1 aromatic heterocycles. The standard InChI is InChI=1S/C21H26N2O3S/c1-4-5-18-22-14(2)20(27-18)21(25)23-12-10-16(11-13-23)19(24)15-6-8-17(26-3)9-7-15/h6-9,16H,4-5,10-13H2,1-3H3. The van der Waals surface area contributed by atoms with Gasteiger partial charge < -0.3 is 9.64 Å².